The van der Waals surface area contributed by atoms with E-state index in [0.29, 0.717) is 5.82 Å². The van der Waals surface area contributed by atoms with Crippen LogP contribution in [0.5, 0.6) is 0 Å². The maximum atomic E-state index is 12.2. The van der Waals surface area contributed by atoms with Gasteiger partial charge in [-0.3, -0.25) is 9.69 Å². The molecule has 2 heterocycles. The Labute approximate surface area is 200 Å². The molecule has 3 aromatic rings. The lowest BCUT2D eigenvalue weighted by molar-refractivity contribution is -0.192. The Hall–Kier alpha value is -3.50. The van der Waals surface area contributed by atoms with Gasteiger partial charge < -0.3 is 15.4 Å². The van der Waals surface area contributed by atoms with E-state index in [1.165, 1.54) is 11.1 Å². The Kier molecular flexibility index (Phi) is 9.16. The molecular weight excluding hydrogens is 461 g/mol. The highest BCUT2D eigenvalue weighted by Crippen LogP contribution is 2.18. The molecule has 35 heavy (non-hydrogen) atoms. The zero-order chi connectivity index (χ0) is 25.3. The summed E-state index contributed by atoms with van der Waals surface area (Å²) in [6.45, 7) is 5.13. The van der Waals surface area contributed by atoms with E-state index in [9.17, 15) is 18.0 Å². The predicted octanol–water partition coefficient (Wildman–Crippen LogP) is 3.26. The van der Waals surface area contributed by atoms with Gasteiger partial charge in [0.05, 0.1) is 0 Å². The molecule has 1 fully saturated rings. The molecule has 1 aromatic heterocycles. The number of hydrogen-bond acceptors (Lipinski definition) is 5. The van der Waals surface area contributed by atoms with Gasteiger partial charge in [0.15, 0.2) is 0 Å². The number of H-pyrrole nitrogens is 1. The monoisotopic (exact) mass is 488 g/mol. The molecule has 7 nitrogen and oxygen atoms in total. The van der Waals surface area contributed by atoms with E-state index < -0.39 is 12.1 Å². The van der Waals surface area contributed by atoms with Crippen LogP contribution in [-0.2, 0) is 24.2 Å². The summed E-state index contributed by atoms with van der Waals surface area (Å²) in [6, 6.07) is 20.2. The number of aromatic amines is 1. The SMILES string of the molecule is O=C(O)C(F)(F)F.O=c1cc(CCc2ccccc2)nc(-c2cccc(CN3CCNCC3)c2)[nH]1. The van der Waals surface area contributed by atoms with Crippen molar-refractivity contribution >= 4 is 5.97 Å². The number of halogens is 3. The normalized spacial score (nSPS) is 14.1. The highest BCUT2D eigenvalue weighted by Gasteiger charge is 2.38. The number of carboxylic acid groups (broad SMARTS) is 1. The molecule has 0 bridgehead atoms. The van der Waals surface area contributed by atoms with Gasteiger partial charge >= 0.3 is 12.1 Å². The van der Waals surface area contributed by atoms with Crippen molar-refractivity contribution in [1.82, 2.24) is 20.2 Å². The number of aromatic nitrogens is 2. The van der Waals surface area contributed by atoms with Crippen LogP contribution >= 0.6 is 0 Å². The highest BCUT2D eigenvalue weighted by atomic mass is 19.4. The first kappa shape index (κ1) is 26.1. The van der Waals surface area contributed by atoms with Crippen LogP contribution in [0.1, 0.15) is 16.8 Å². The number of aryl methyl sites for hydroxylation is 2. The molecule has 0 spiro atoms. The van der Waals surface area contributed by atoms with Crippen molar-refractivity contribution in [1.29, 1.82) is 0 Å². The molecular formula is C25H27F3N4O3. The van der Waals surface area contributed by atoms with Gasteiger partial charge in [0.2, 0.25) is 0 Å². The first-order valence-electron chi connectivity index (χ1n) is 11.2. The average Bonchev–Trinajstić information content (AvgIpc) is 2.84. The summed E-state index contributed by atoms with van der Waals surface area (Å²) in [7, 11) is 0. The Balaban J connectivity index is 0.000000429. The van der Waals surface area contributed by atoms with Gasteiger partial charge in [0, 0.05) is 50.0 Å². The quantitative estimate of drug-likeness (QED) is 0.493. The molecule has 10 heteroatoms. The van der Waals surface area contributed by atoms with Crippen LogP contribution in [0, 0.1) is 0 Å². The van der Waals surface area contributed by atoms with Gasteiger partial charge in [-0.05, 0) is 30.0 Å². The number of piperazine rings is 1. The number of carboxylic acids is 1. The number of nitrogens with one attached hydrogen (secondary N) is 2. The number of hydrogen-bond donors (Lipinski definition) is 3. The van der Waals surface area contributed by atoms with Crippen molar-refractivity contribution in [3.05, 3.63) is 87.8 Å². The number of aliphatic carboxylic acids is 1. The molecule has 2 aromatic carbocycles. The lowest BCUT2D eigenvalue weighted by Crippen LogP contribution is -2.42. The molecule has 4 rings (SSSR count). The summed E-state index contributed by atoms with van der Waals surface area (Å²) < 4.78 is 31.7. The second-order valence-corrected chi connectivity index (χ2v) is 8.10. The number of nitrogens with zero attached hydrogens (tertiary/aromatic N) is 2. The maximum Gasteiger partial charge on any atom is 0.490 e. The van der Waals surface area contributed by atoms with Gasteiger partial charge in [-0.2, -0.15) is 13.2 Å². The summed E-state index contributed by atoms with van der Waals surface area (Å²) in [5.41, 5.74) is 4.20. The minimum atomic E-state index is -5.08. The van der Waals surface area contributed by atoms with Crippen LogP contribution in [0.25, 0.3) is 11.4 Å². The van der Waals surface area contributed by atoms with Crippen LogP contribution in [-0.4, -0.2) is 58.3 Å². The number of carbonyl (C=O) groups is 1. The maximum absolute atomic E-state index is 12.2. The minimum Gasteiger partial charge on any atom is -0.475 e. The van der Waals surface area contributed by atoms with Crippen LogP contribution in [0.4, 0.5) is 13.2 Å². The molecule has 0 saturated carbocycles. The van der Waals surface area contributed by atoms with Gasteiger partial charge in [-0.25, -0.2) is 9.78 Å². The number of alkyl halides is 3. The van der Waals surface area contributed by atoms with E-state index in [4.69, 9.17) is 14.9 Å². The zero-order valence-corrected chi connectivity index (χ0v) is 19.0. The third-order valence-corrected chi connectivity index (χ3v) is 5.37. The summed E-state index contributed by atoms with van der Waals surface area (Å²) in [6.07, 6.45) is -3.46. The van der Waals surface area contributed by atoms with Crippen molar-refractivity contribution in [3.8, 4) is 11.4 Å². The molecule has 3 N–H and O–H groups in total. The Morgan fingerprint density at radius 1 is 0.971 bits per heavy atom. The fourth-order valence-corrected chi connectivity index (χ4v) is 3.63. The van der Waals surface area contributed by atoms with Crippen LogP contribution in [0.2, 0.25) is 0 Å². The van der Waals surface area contributed by atoms with Crippen molar-refractivity contribution in [2.75, 3.05) is 26.2 Å². The fraction of sp³-hybridized carbons (Fsp3) is 0.320. The van der Waals surface area contributed by atoms with E-state index in [1.807, 2.05) is 30.3 Å². The number of benzene rings is 2. The van der Waals surface area contributed by atoms with Gasteiger partial charge in [0.25, 0.3) is 5.56 Å². The molecule has 0 aliphatic carbocycles. The standard InChI is InChI=1S/C23H26N4O.C2HF3O2/c28-22-16-21(10-9-18-5-2-1-3-6-18)25-23(26-22)20-8-4-7-19(15-20)17-27-13-11-24-12-14-27;3-2(4,5)1(6)7/h1-8,15-16,24H,9-14,17H2,(H,25,26,28);(H,6,7). The second kappa shape index (κ2) is 12.3. The zero-order valence-electron chi connectivity index (χ0n) is 19.0. The van der Waals surface area contributed by atoms with Gasteiger partial charge in [-0.15, -0.1) is 0 Å². The third-order valence-electron chi connectivity index (χ3n) is 5.37. The topological polar surface area (TPSA) is 98.3 Å². The largest absolute Gasteiger partial charge is 0.490 e. The van der Waals surface area contributed by atoms with E-state index in [-0.39, 0.29) is 5.56 Å². The lowest BCUT2D eigenvalue weighted by atomic mass is 10.1. The fourth-order valence-electron chi connectivity index (χ4n) is 3.63. The summed E-state index contributed by atoms with van der Waals surface area (Å²) in [5, 5.41) is 10.5. The van der Waals surface area contributed by atoms with E-state index >= 15 is 0 Å². The average molecular weight is 489 g/mol. The Morgan fingerprint density at radius 3 is 2.29 bits per heavy atom. The van der Waals surface area contributed by atoms with E-state index in [1.54, 1.807) is 6.07 Å². The summed E-state index contributed by atoms with van der Waals surface area (Å²) in [5.74, 6) is -2.11. The van der Waals surface area contributed by atoms with Gasteiger partial charge in [-0.1, -0.05) is 48.5 Å². The third kappa shape index (κ3) is 8.66. The summed E-state index contributed by atoms with van der Waals surface area (Å²) >= 11 is 0. The molecule has 0 atom stereocenters. The predicted molar refractivity (Wildman–Crippen MR) is 126 cm³/mol. The van der Waals surface area contributed by atoms with Gasteiger partial charge in [0.1, 0.15) is 5.82 Å². The van der Waals surface area contributed by atoms with Crippen LogP contribution in [0.15, 0.2) is 65.5 Å². The molecule has 0 unspecified atom stereocenters. The number of rotatable bonds is 6. The second-order valence-electron chi connectivity index (χ2n) is 8.10. The lowest BCUT2D eigenvalue weighted by Gasteiger charge is -2.27. The first-order chi connectivity index (χ1) is 16.7. The van der Waals surface area contributed by atoms with Crippen molar-refractivity contribution in [3.63, 3.8) is 0 Å². The van der Waals surface area contributed by atoms with E-state index in [0.717, 1.165) is 56.8 Å². The van der Waals surface area contributed by atoms with E-state index in [2.05, 4.69) is 39.5 Å². The van der Waals surface area contributed by atoms with Crippen molar-refractivity contribution < 1.29 is 23.1 Å². The molecule has 0 amide bonds. The van der Waals surface area contributed by atoms with Crippen LogP contribution < -0.4 is 10.9 Å². The van der Waals surface area contributed by atoms with Crippen LogP contribution in [0.3, 0.4) is 0 Å². The first-order valence-corrected chi connectivity index (χ1v) is 11.2. The molecule has 1 aliphatic heterocycles. The summed E-state index contributed by atoms with van der Waals surface area (Å²) in [4.78, 5) is 31.2. The Morgan fingerprint density at radius 2 is 1.63 bits per heavy atom. The molecule has 1 aliphatic rings. The van der Waals surface area contributed by atoms with Crippen molar-refractivity contribution in [2.24, 2.45) is 0 Å². The molecule has 1 saturated heterocycles. The smallest absolute Gasteiger partial charge is 0.475 e. The molecule has 0 radical (unpaired) electrons. The molecule has 186 valence electrons. The highest BCUT2D eigenvalue weighted by molar-refractivity contribution is 5.73. The minimum absolute atomic E-state index is 0.0967. The Bertz CT molecular complexity index is 1160. The van der Waals surface area contributed by atoms with Crippen molar-refractivity contribution in [2.45, 2.75) is 25.6 Å².